The van der Waals surface area contributed by atoms with Crippen LogP contribution in [-0.4, -0.2) is 51.6 Å². The van der Waals surface area contributed by atoms with E-state index in [0.29, 0.717) is 30.0 Å². The van der Waals surface area contributed by atoms with Gasteiger partial charge >= 0.3 is 6.09 Å². The molecule has 1 unspecified atom stereocenters. The Morgan fingerprint density at radius 1 is 1.11 bits per heavy atom. The molecule has 0 radical (unpaired) electrons. The monoisotopic (exact) mass is 502 g/mol. The van der Waals surface area contributed by atoms with Gasteiger partial charge in [0.1, 0.15) is 17.2 Å². The third-order valence-electron chi connectivity index (χ3n) is 6.51. The largest absolute Gasteiger partial charge is 0.496 e. The molecule has 7 nitrogen and oxygen atoms in total. The quantitative estimate of drug-likeness (QED) is 0.319. The summed E-state index contributed by atoms with van der Waals surface area (Å²) in [6.07, 6.45) is 4.93. The minimum atomic E-state index is -0.560. The van der Waals surface area contributed by atoms with E-state index in [2.05, 4.69) is 4.98 Å². The lowest BCUT2D eigenvalue weighted by atomic mass is 9.99. The van der Waals surface area contributed by atoms with Crippen LogP contribution in [-0.2, 0) is 4.74 Å². The molecule has 8 heteroatoms. The van der Waals surface area contributed by atoms with Crippen LogP contribution in [0.5, 0.6) is 5.75 Å². The molecule has 2 aromatic heterocycles. The van der Waals surface area contributed by atoms with Crippen molar-refractivity contribution in [2.75, 3.05) is 20.2 Å². The van der Waals surface area contributed by atoms with Gasteiger partial charge in [-0.25, -0.2) is 9.18 Å². The Kier molecular flexibility index (Phi) is 6.58. The standard InChI is InChI=1S/C29H31FN4O3/c1-29(2,3)37-28(35)33-15-7-9-21(18-33)34-27(20-8-6-14-31-17-20)22-16-19(12-13-24(22)32-34)26-23(30)10-5-11-25(26)36-4/h5-6,8,10-14,16-17,21H,7,9,15,18H2,1-4H3. The highest BCUT2D eigenvalue weighted by Gasteiger charge is 2.31. The molecular weight excluding hydrogens is 471 g/mol. The van der Waals surface area contributed by atoms with Gasteiger partial charge in [-0.3, -0.25) is 9.67 Å². The molecule has 0 bridgehead atoms. The lowest BCUT2D eigenvalue weighted by Crippen LogP contribution is -2.43. The number of hydrogen-bond donors (Lipinski definition) is 0. The van der Waals surface area contributed by atoms with E-state index in [-0.39, 0.29) is 18.0 Å². The fourth-order valence-electron chi connectivity index (χ4n) is 4.91. The molecule has 0 spiro atoms. The number of likely N-dealkylation sites (tertiary alicyclic amines) is 1. The Bertz CT molecular complexity index is 1430. The van der Waals surface area contributed by atoms with Gasteiger partial charge in [0.2, 0.25) is 0 Å². The van der Waals surface area contributed by atoms with Gasteiger partial charge in [-0.2, -0.15) is 5.10 Å². The molecular formula is C29H31FN4O3. The minimum absolute atomic E-state index is 0.0460. The summed E-state index contributed by atoms with van der Waals surface area (Å²) in [6.45, 7) is 6.75. The number of benzene rings is 2. The Balaban J connectivity index is 1.61. The second-order valence-corrected chi connectivity index (χ2v) is 10.3. The van der Waals surface area contributed by atoms with E-state index in [0.717, 1.165) is 35.0 Å². The van der Waals surface area contributed by atoms with Gasteiger partial charge in [0.25, 0.3) is 0 Å². The van der Waals surface area contributed by atoms with Crippen LogP contribution in [0.25, 0.3) is 33.3 Å². The maximum absolute atomic E-state index is 14.9. The number of rotatable bonds is 4. The number of aromatic nitrogens is 3. The number of fused-ring (bicyclic) bond motifs is 1. The van der Waals surface area contributed by atoms with Gasteiger partial charge in [0, 0.05) is 36.4 Å². The molecule has 1 fully saturated rings. The molecule has 1 aliphatic heterocycles. The minimum Gasteiger partial charge on any atom is -0.496 e. The van der Waals surface area contributed by atoms with Crippen LogP contribution in [0.1, 0.15) is 39.7 Å². The van der Waals surface area contributed by atoms with Crippen LogP contribution in [0.15, 0.2) is 60.9 Å². The smallest absolute Gasteiger partial charge is 0.410 e. The average molecular weight is 503 g/mol. The van der Waals surface area contributed by atoms with Crippen molar-refractivity contribution in [1.82, 2.24) is 19.7 Å². The normalized spacial score (nSPS) is 16.1. The maximum atomic E-state index is 14.9. The second-order valence-electron chi connectivity index (χ2n) is 10.3. The van der Waals surface area contributed by atoms with Gasteiger partial charge in [-0.05, 0) is 75.6 Å². The van der Waals surface area contributed by atoms with E-state index in [4.69, 9.17) is 14.6 Å². The van der Waals surface area contributed by atoms with Gasteiger partial charge < -0.3 is 14.4 Å². The van der Waals surface area contributed by atoms with E-state index >= 15 is 0 Å². The molecule has 5 rings (SSSR count). The third kappa shape index (κ3) is 5.01. The van der Waals surface area contributed by atoms with Gasteiger partial charge in [-0.1, -0.05) is 12.1 Å². The molecule has 1 amide bonds. The zero-order valence-electron chi connectivity index (χ0n) is 21.6. The maximum Gasteiger partial charge on any atom is 0.410 e. The topological polar surface area (TPSA) is 69.5 Å². The van der Waals surface area contributed by atoms with Crippen LogP contribution in [0.2, 0.25) is 0 Å². The van der Waals surface area contributed by atoms with Crippen LogP contribution >= 0.6 is 0 Å². The summed E-state index contributed by atoms with van der Waals surface area (Å²) in [7, 11) is 1.54. The number of ether oxygens (including phenoxy) is 2. The second kappa shape index (κ2) is 9.84. The summed E-state index contributed by atoms with van der Waals surface area (Å²) < 4.78 is 28.0. The molecule has 1 saturated heterocycles. The number of pyridine rings is 1. The summed E-state index contributed by atoms with van der Waals surface area (Å²) in [5.74, 6) is 0.115. The number of halogens is 1. The van der Waals surface area contributed by atoms with Crippen LogP contribution in [0.3, 0.4) is 0 Å². The molecule has 1 aliphatic rings. The first-order valence-corrected chi connectivity index (χ1v) is 12.5. The van der Waals surface area contributed by atoms with Crippen molar-refractivity contribution in [1.29, 1.82) is 0 Å². The van der Waals surface area contributed by atoms with Crippen LogP contribution in [0, 0.1) is 5.82 Å². The van der Waals surface area contributed by atoms with Crippen LogP contribution in [0.4, 0.5) is 9.18 Å². The zero-order chi connectivity index (χ0) is 26.2. The highest BCUT2D eigenvalue weighted by atomic mass is 19.1. The predicted molar refractivity (Wildman–Crippen MR) is 141 cm³/mol. The van der Waals surface area contributed by atoms with Crippen molar-refractivity contribution >= 4 is 17.0 Å². The molecule has 0 saturated carbocycles. The number of hydrogen-bond acceptors (Lipinski definition) is 5. The summed E-state index contributed by atoms with van der Waals surface area (Å²) in [5.41, 5.74) is 3.12. The van der Waals surface area contributed by atoms with Gasteiger partial charge in [0.15, 0.2) is 0 Å². The van der Waals surface area contributed by atoms with Crippen molar-refractivity contribution < 1.29 is 18.7 Å². The molecule has 3 heterocycles. The molecule has 0 N–H and O–H groups in total. The molecule has 192 valence electrons. The number of amides is 1. The Morgan fingerprint density at radius 3 is 2.68 bits per heavy atom. The zero-order valence-corrected chi connectivity index (χ0v) is 21.6. The molecule has 1 atom stereocenters. The van der Waals surface area contributed by atoms with Crippen molar-refractivity contribution in [2.45, 2.75) is 45.3 Å². The van der Waals surface area contributed by atoms with Gasteiger partial charge in [-0.15, -0.1) is 0 Å². The number of carbonyl (C=O) groups excluding carboxylic acids is 1. The average Bonchev–Trinajstić information content (AvgIpc) is 3.27. The van der Waals surface area contributed by atoms with Crippen LogP contribution < -0.4 is 4.74 Å². The molecule has 4 aromatic rings. The number of methoxy groups -OCH3 is 1. The van der Waals surface area contributed by atoms with Crippen molar-refractivity contribution in [3.63, 3.8) is 0 Å². The first kappa shape index (κ1) is 24.7. The first-order chi connectivity index (χ1) is 17.7. The Labute approximate surface area is 215 Å². The predicted octanol–water partition coefficient (Wildman–Crippen LogP) is 6.49. The summed E-state index contributed by atoms with van der Waals surface area (Å²) in [6, 6.07) is 14.4. The van der Waals surface area contributed by atoms with Crippen molar-refractivity contribution in [2.24, 2.45) is 0 Å². The van der Waals surface area contributed by atoms with Crippen molar-refractivity contribution in [3.05, 3.63) is 66.7 Å². The van der Waals surface area contributed by atoms with Crippen molar-refractivity contribution in [3.8, 4) is 28.1 Å². The fraction of sp³-hybridized carbons (Fsp3) is 0.345. The fourth-order valence-corrected chi connectivity index (χ4v) is 4.91. The Morgan fingerprint density at radius 2 is 1.95 bits per heavy atom. The molecule has 37 heavy (non-hydrogen) atoms. The lowest BCUT2D eigenvalue weighted by Gasteiger charge is -2.34. The molecule has 2 aromatic carbocycles. The highest BCUT2D eigenvalue weighted by molar-refractivity contribution is 5.96. The van der Waals surface area contributed by atoms with Gasteiger partial charge in [0.05, 0.1) is 29.9 Å². The van der Waals surface area contributed by atoms with E-state index in [1.165, 1.54) is 13.2 Å². The molecule has 0 aliphatic carbocycles. The summed E-state index contributed by atoms with van der Waals surface area (Å²) >= 11 is 0. The lowest BCUT2D eigenvalue weighted by molar-refractivity contribution is 0.0168. The highest BCUT2D eigenvalue weighted by Crippen LogP contribution is 2.38. The summed E-state index contributed by atoms with van der Waals surface area (Å²) in [4.78, 5) is 18.9. The van der Waals surface area contributed by atoms with E-state index in [9.17, 15) is 9.18 Å². The summed E-state index contributed by atoms with van der Waals surface area (Å²) in [5, 5.41) is 5.85. The van der Waals surface area contributed by atoms with E-state index < -0.39 is 5.60 Å². The number of nitrogens with zero attached hydrogens (tertiary/aromatic N) is 4. The first-order valence-electron chi connectivity index (χ1n) is 12.5. The van der Waals surface area contributed by atoms with E-state index in [1.54, 1.807) is 29.4 Å². The number of carbonyl (C=O) groups is 1. The van der Waals surface area contributed by atoms with E-state index in [1.807, 2.05) is 55.8 Å². The third-order valence-corrected chi connectivity index (χ3v) is 6.51. The Hall–Kier alpha value is -3.94. The number of piperidine rings is 1. The SMILES string of the molecule is COc1cccc(F)c1-c1ccc2nn(C3CCCN(C(=O)OC(C)(C)C)C3)c(-c3cccnc3)c2c1.